The highest BCUT2D eigenvalue weighted by atomic mass is 35.5. The van der Waals surface area contributed by atoms with Gasteiger partial charge in [-0.1, -0.05) is 54.1 Å². The molecule has 5 nitrogen and oxygen atoms in total. The van der Waals surface area contributed by atoms with E-state index in [0.717, 1.165) is 25.7 Å². The molecule has 1 aliphatic rings. The number of likely N-dealkylation sites (tertiary alicyclic amines) is 1. The average molecular weight is 424 g/mol. The Kier molecular flexibility index (Phi) is 7.87. The second kappa shape index (κ2) is 10.8. The van der Waals surface area contributed by atoms with Gasteiger partial charge in [-0.25, -0.2) is 0 Å². The van der Waals surface area contributed by atoms with Crippen molar-refractivity contribution in [3.8, 4) is 6.07 Å². The van der Waals surface area contributed by atoms with Crippen LogP contribution in [0.2, 0.25) is 5.02 Å². The normalized spacial score (nSPS) is 16.7. The Morgan fingerprint density at radius 3 is 2.70 bits per heavy atom. The first-order valence-electron chi connectivity index (χ1n) is 10.4. The maximum Gasteiger partial charge on any atom is 0.244 e. The molecule has 2 atom stereocenters. The van der Waals surface area contributed by atoms with Crippen LogP contribution in [-0.2, 0) is 16.0 Å². The highest BCUT2D eigenvalue weighted by molar-refractivity contribution is 6.30. The molecular weight excluding hydrogens is 398 g/mol. The van der Waals surface area contributed by atoms with Gasteiger partial charge in [0.1, 0.15) is 12.1 Å². The molecule has 0 aromatic heterocycles. The number of rotatable bonds is 8. The van der Waals surface area contributed by atoms with Crippen LogP contribution >= 0.6 is 11.6 Å². The molecule has 1 N–H and O–H groups in total. The predicted octanol–water partition coefficient (Wildman–Crippen LogP) is 4.42. The van der Waals surface area contributed by atoms with Crippen LogP contribution in [0.15, 0.2) is 54.6 Å². The largest absolute Gasteiger partial charge is 0.335 e. The van der Waals surface area contributed by atoms with Crippen molar-refractivity contribution >= 4 is 23.4 Å². The zero-order valence-corrected chi connectivity index (χ0v) is 17.6. The van der Waals surface area contributed by atoms with Gasteiger partial charge in [-0.3, -0.25) is 9.59 Å². The Hall–Kier alpha value is -2.84. The van der Waals surface area contributed by atoms with Crippen molar-refractivity contribution in [1.82, 2.24) is 10.2 Å². The molecule has 0 bridgehead atoms. The van der Waals surface area contributed by atoms with Gasteiger partial charge < -0.3 is 10.2 Å². The third-order valence-corrected chi connectivity index (χ3v) is 5.66. The second-order valence-corrected chi connectivity index (χ2v) is 8.00. The molecule has 2 aromatic rings. The maximum absolute atomic E-state index is 12.8. The molecule has 30 heavy (non-hydrogen) atoms. The molecule has 0 spiro atoms. The van der Waals surface area contributed by atoms with Crippen LogP contribution in [0.4, 0.5) is 0 Å². The van der Waals surface area contributed by atoms with Gasteiger partial charge in [-0.2, -0.15) is 5.26 Å². The summed E-state index contributed by atoms with van der Waals surface area (Å²) in [4.78, 5) is 27.2. The number of amides is 2. The van der Waals surface area contributed by atoms with E-state index in [9.17, 15) is 14.9 Å². The summed E-state index contributed by atoms with van der Waals surface area (Å²) in [7, 11) is 0. The molecule has 1 fully saturated rings. The third-order valence-electron chi connectivity index (χ3n) is 5.42. The summed E-state index contributed by atoms with van der Waals surface area (Å²) in [6.07, 6.45) is 4.53. The van der Waals surface area contributed by atoms with Gasteiger partial charge in [0.2, 0.25) is 11.8 Å². The number of carbonyl (C=O) groups is 2. The van der Waals surface area contributed by atoms with Crippen molar-refractivity contribution in [1.29, 1.82) is 5.26 Å². The minimum atomic E-state index is -0.792. The van der Waals surface area contributed by atoms with Crippen LogP contribution in [0.3, 0.4) is 0 Å². The van der Waals surface area contributed by atoms with E-state index < -0.39 is 12.1 Å². The SMILES string of the molecule is N#CC(NC(=O)[C@@H]1CCCN1C(=O)CCCCc1ccccc1)c1cccc(Cl)c1. The minimum absolute atomic E-state index is 0.0111. The number of carbonyl (C=O) groups excluding carboxylic acids is 2. The van der Waals surface area contributed by atoms with Gasteiger partial charge in [0.05, 0.1) is 6.07 Å². The summed E-state index contributed by atoms with van der Waals surface area (Å²) in [5, 5.41) is 12.8. The molecule has 1 saturated heterocycles. The minimum Gasteiger partial charge on any atom is -0.335 e. The van der Waals surface area contributed by atoms with Crippen molar-refractivity contribution in [2.75, 3.05) is 6.54 Å². The molecule has 1 unspecified atom stereocenters. The summed E-state index contributed by atoms with van der Waals surface area (Å²) in [6.45, 7) is 0.587. The molecule has 156 valence electrons. The molecule has 6 heteroatoms. The van der Waals surface area contributed by atoms with Crippen molar-refractivity contribution in [3.63, 3.8) is 0 Å². The van der Waals surface area contributed by atoms with Gasteiger partial charge in [-0.05, 0) is 55.4 Å². The first-order valence-corrected chi connectivity index (χ1v) is 10.7. The Bertz CT molecular complexity index is 910. The van der Waals surface area contributed by atoms with Crippen LogP contribution in [0.25, 0.3) is 0 Å². The molecule has 0 saturated carbocycles. The Morgan fingerprint density at radius 1 is 1.17 bits per heavy atom. The quantitative estimate of drug-likeness (QED) is 0.638. The highest BCUT2D eigenvalue weighted by Gasteiger charge is 2.34. The van der Waals surface area contributed by atoms with Crippen molar-refractivity contribution < 1.29 is 9.59 Å². The lowest BCUT2D eigenvalue weighted by Gasteiger charge is -2.25. The van der Waals surface area contributed by atoms with Gasteiger partial charge >= 0.3 is 0 Å². The van der Waals surface area contributed by atoms with Gasteiger partial charge in [0.15, 0.2) is 0 Å². The van der Waals surface area contributed by atoms with Gasteiger partial charge in [0, 0.05) is 18.0 Å². The molecule has 1 aliphatic heterocycles. The van der Waals surface area contributed by atoms with E-state index in [1.807, 2.05) is 18.2 Å². The summed E-state index contributed by atoms with van der Waals surface area (Å²) >= 11 is 6.00. The van der Waals surface area contributed by atoms with Gasteiger partial charge in [0.25, 0.3) is 0 Å². The molecule has 2 amide bonds. The smallest absolute Gasteiger partial charge is 0.244 e. The fourth-order valence-corrected chi connectivity index (χ4v) is 4.04. The van der Waals surface area contributed by atoms with Gasteiger partial charge in [-0.15, -0.1) is 0 Å². The topological polar surface area (TPSA) is 73.2 Å². The van der Waals surface area contributed by atoms with E-state index in [-0.39, 0.29) is 11.8 Å². The fraction of sp³-hybridized carbons (Fsp3) is 0.375. The van der Waals surface area contributed by atoms with Crippen LogP contribution in [0.5, 0.6) is 0 Å². The summed E-state index contributed by atoms with van der Waals surface area (Å²) < 4.78 is 0. The van der Waals surface area contributed by atoms with E-state index >= 15 is 0 Å². The summed E-state index contributed by atoms with van der Waals surface area (Å²) in [5.41, 5.74) is 1.90. The van der Waals surface area contributed by atoms with Crippen LogP contribution in [0, 0.1) is 11.3 Å². The Balaban J connectivity index is 1.51. The van der Waals surface area contributed by atoms with E-state index in [2.05, 4.69) is 23.5 Å². The molecule has 3 rings (SSSR count). The molecule has 2 aromatic carbocycles. The number of nitriles is 1. The molecule has 0 aliphatic carbocycles. The number of halogens is 1. The molecular formula is C24H26ClN3O2. The molecule has 0 radical (unpaired) electrons. The monoisotopic (exact) mass is 423 g/mol. The zero-order valence-electron chi connectivity index (χ0n) is 16.9. The summed E-state index contributed by atoms with van der Waals surface area (Å²) in [6, 6.07) is 17.9. The lowest BCUT2D eigenvalue weighted by Crippen LogP contribution is -2.46. The second-order valence-electron chi connectivity index (χ2n) is 7.56. The van der Waals surface area contributed by atoms with E-state index in [0.29, 0.717) is 30.0 Å². The first-order chi connectivity index (χ1) is 14.6. The highest BCUT2D eigenvalue weighted by Crippen LogP contribution is 2.22. The van der Waals surface area contributed by atoms with Crippen molar-refractivity contribution in [2.45, 2.75) is 50.6 Å². The van der Waals surface area contributed by atoms with Crippen molar-refractivity contribution in [3.05, 3.63) is 70.7 Å². The number of hydrogen-bond donors (Lipinski definition) is 1. The lowest BCUT2D eigenvalue weighted by atomic mass is 10.1. The van der Waals surface area contributed by atoms with Crippen LogP contribution < -0.4 is 5.32 Å². The standard InChI is InChI=1S/C24H26ClN3O2/c25-20-12-6-11-19(16-20)21(17-26)27-24(30)22-13-7-15-28(22)23(29)14-5-4-10-18-8-2-1-3-9-18/h1-3,6,8-9,11-12,16,21-22H,4-5,7,10,13-15H2,(H,27,30)/t21?,22-/m0/s1. The van der Waals surface area contributed by atoms with Crippen LogP contribution in [-0.4, -0.2) is 29.3 Å². The van der Waals surface area contributed by atoms with E-state index in [1.54, 1.807) is 29.2 Å². The van der Waals surface area contributed by atoms with Crippen LogP contribution in [0.1, 0.15) is 49.3 Å². The first kappa shape index (κ1) is 21.9. The number of benzene rings is 2. The van der Waals surface area contributed by atoms with E-state index in [1.165, 1.54) is 5.56 Å². The molecule has 1 heterocycles. The van der Waals surface area contributed by atoms with E-state index in [4.69, 9.17) is 11.6 Å². The third kappa shape index (κ3) is 5.84. The average Bonchev–Trinajstić information content (AvgIpc) is 3.26. The number of nitrogens with zero attached hydrogens (tertiary/aromatic N) is 2. The zero-order chi connectivity index (χ0) is 21.3. The number of aryl methyl sites for hydroxylation is 1. The fourth-order valence-electron chi connectivity index (χ4n) is 3.85. The summed E-state index contributed by atoms with van der Waals surface area (Å²) in [5.74, 6) is -0.270. The Labute approximate surface area is 182 Å². The number of unbranched alkanes of at least 4 members (excludes halogenated alkanes) is 1. The number of nitrogens with one attached hydrogen (secondary N) is 1. The van der Waals surface area contributed by atoms with Crippen molar-refractivity contribution in [2.24, 2.45) is 0 Å². The Morgan fingerprint density at radius 2 is 1.97 bits per heavy atom. The number of hydrogen-bond acceptors (Lipinski definition) is 3. The maximum atomic E-state index is 12.8. The lowest BCUT2D eigenvalue weighted by molar-refractivity contribution is -0.138. The predicted molar refractivity (Wildman–Crippen MR) is 117 cm³/mol.